The molecule has 2 rings (SSSR count). The molecule has 0 saturated heterocycles. The van der Waals surface area contributed by atoms with E-state index < -0.39 is 0 Å². The Balaban J connectivity index is 2.20. The van der Waals surface area contributed by atoms with Crippen LogP contribution in [0.3, 0.4) is 0 Å². The highest BCUT2D eigenvalue weighted by Gasteiger charge is 2.44. The van der Waals surface area contributed by atoms with Gasteiger partial charge in [-0.1, -0.05) is 27.2 Å². The predicted octanol–water partition coefficient (Wildman–Crippen LogP) is 3.38. The molecule has 0 radical (unpaired) electrons. The minimum Gasteiger partial charge on any atom is -0.374 e. The highest BCUT2D eigenvalue weighted by Crippen LogP contribution is 2.46. The quantitative estimate of drug-likeness (QED) is 0.641. The van der Waals surface area contributed by atoms with E-state index in [1.165, 1.54) is 25.7 Å². The van der Waals surface area contributed by atoms with Gasteiger partial charge in [0.05, 0.1) is 0 Å². The number of hydrogen-bond acceptors (Lipinski definition) is 2. The van der Waals surface area contributed by atoms with E-state index in [4.69, 9.17) is 0 Å². The third kappa shape index (κ3) is 2.41. The second-order valence-electron chi connectivity index (χ2n) is 6.95. The summed E-state index contributed by atoms with van der Waals surface area (Å²) in [5.41, 5.74) is 0.473. The summed E-state index contributed by atoms with van der Waals surface area (Å²) in [5.74, 6) is 1.04. The molecule has 2 atom stereocenters. The van der Waals surface area contributed by atoms with Gasteiger partial charge in [0.25, 0.3) is 0 Å². The highest BCUT2D eigenvalue weighted by atomic mass is 16.1. The average Bonchev–Trinajstić information content (AvgIpc) is 2.23. The molecule has 17 heavy (non-hydrogen) atoms. The summed E-state index contributed by atoms with van der Waals surface area (Å²) in [6, 6.07) is 0. The van der Waals surface area contributed by atoms with Gasteiger partial charge in [-0.3, -0.25) is 4.79 Å². The summed E-state index contributed by atoms with van der Waals surface area (Å²) < 4.78 is 0. The number of carbonyl (C=O) groups is 1. The fraction of sp³-hybridized carbons (Fsp3) is 0.800. The fourth-order valence-electron chi connectivity index (χ4n) is 3.42. The van der Waals surface area contributed by atoms with E-state index in [0.717, 1.165) is 5.92 Å². The molecule has 0 bridgehead atoms. The minimum absolute atomic E-state index is 0.113. The van der Waals surface area contributed by atoms with Crippen LogP contribution in [0.5, 0.6) is 0 Å². The summed E-state index contributed by atoms with van der Waals surface area (Å²) in [7, 11) is 2.13. The van der Waals surface area contributed by atoms with E-state index >= 15 is 0 Å². The Bertz CT molecular complexity index is 339. The molecule has 1 heterocycles. The third-order valence-electron chi connectivity index (χ3n) is 4.78. The molecule has 2 unspecified atom stereocenters. The van der Waals surface area contributed by atoms with Crippen molar-refractivity contribution in [2.24, 2.45) is 11.3 Å². The smallest absolute Gasteiger partial charge is 0.159 e. The summed E-state index contributed by atoms with van der Waals surface area (Å²) >= 11 is 0. The summed E-state index contributed by atoms with van der Waals surface area (Å²) in [5, 5.41) is 0. The van der Waals surface area contributed by atoms with Gasteiger partial charge in [0.1, 0.15) is 0 Å². The van der Waals surface area contributed by atoms with Gasteiger partial charge in [-0.25, -0.2) is 0 Å². The largest absolute Gasteiger partial charge is 0.374 e. The number of rotatable bonds is 0. The Kier molecular flexibility index (Phi) is 3.09. The lowest BCUT2D eigenvalue weighted by Crippen LogP contribution is -2.51. The predicted molar refractivity (Wildman–Crippen MR) is 70.7 cm³/mol. The van der Waals surface area contributed by atoms with Gasteiger partial charge in [-0.15, -0.1) is 0 Å². The van der Waals surface area contributed by atoms with Crippen molar-refractivity contribution in [3.05, 3.63) is 12.3 Å². The maximum atomic E-state index is 11.7. The molecule has 1 spiro atoms. The molecule has 1 aliphatic heterocycles. The summed E-state index contributed by atoms with van der Waals surface area (Å²) in [6.07, 6.45) is 9.34. The van der Waals surface area contributed by atoms with Crippen molar-refractivity contribution in [1.82, 2.24) is 4.90 Å². The third-order valence-corrected chi connectivity index (χ3v) is 4.78. The van der Waals surface area contributed by atoms with Crippen LogP contribution in [0.1, 0.15) is 52.9 Å². The van der Waals surface area contributed by atoms with E-state index in [2.05, 4.69) is 32.7 Å². The standard InChI is InChI=1S/C15H25NO/c1-14(2,3)12-6-5-8-15(10-12)11-13(17)7-9-16(15)4/h7,9,12H,5-6,8,10-11H2,1-4H3. The normalized spacial score (nSPS) is 34.5. The maximum Gasteiger partial charge on any atom is 0.159 e. The van der Waals surface area contributed by atoms with Gasteiger partial charge in [-0.05, 0) is 36.7 Å². The van der Waals surface area contributed by atoms with Crippen LogP contribution >= 0.6 is 0 Å². The molecule has 0 aromatic rings. The lowest BCUT2D eigenvalue weighted by Gasteiger charge is -2.50. The first-order valence-corrected chi connectivity index (χ1v) is 6.77. The van der Waals surface area contributed by atoms with Crippen LogP contribution in [0.25, 0.3) is 0 Å². The molecule has 96 valence electrons. The van der Waals surface area contributed by atoms with E-state index in [0.29, 0.717) is 17.6 Å². The van der Waals surface area contributed by atoms with Crippen LogP contribution in [0, 0.1) is 11.3 Å². The first-order valence-electron chi connectivity index (χ1n) is 6.77. The molecule has 1 saturated carbocycles. The Morgan fingerprint density at radius 3 is 2.76 bits per heavy atom. The second kappa shape index (κ2) is 4.15. The summed E-state index contributed by atoms with van der Waals surface area (Å²) in [6.45, 7) is 6.99. The topological polar surface area (TPSA) is 20.3 Å². The van der Waals surface area contributed by atoms with Gasteiger partial charge in [0.15, 0.2) is 5.78 Å². The highest BCUT2D eigenvalue weighted by molar-refractivity contribution is 5.91. The van der Waals surface area contributed by atoms with E-state index in [-0.39, 0.29) is 5.54 Å². The molecule has 2 nitrogen and oxygen atoms in total. The zero-order valence-electron chi connectivity index (χ0n) is 11.6. The molecular formula is C15H25NO. The van der Waals surface area contributed by atoms with Crippen LogP contribution in [0.15, 0.2) is 12.3 Å². The van der Waals surface area contributed by atoms with Crippen molar-refractivity contribution >= 4 is 5.78 Å². The number of allylic oxidation sites excluding steroid dienone is 1. The fourth-order valence-corrected chi connectivity index (χ4v) is 3.42. The molecular weight excluding hydrogens is 210 g/mol. The van der Waals surface area contributed by atoms with Gasteiger partial charge < -0.3 is 4.90 Å². The zero-order chi connectivity index (χ0) is 12.7. The van der Waals surface area contributed by atoms with Crippen LogP contribution in [-0.4, -0.2) is 23.3 Å². The molecule has 1 aliphatic carbocycles. The molecule has 0 amide bonds. The van der Waals surface area contributed by atoms with Crippen molar-refractivity contribution in [3.63, 3.8) is 0 Å². The molecule has 0 aromatic heterocycles. The van der Waals surface area contributed by atoms with Gasteiger partial charge in [0, 0.05) is 25.2 Å². The van der Waals surface area contributed by atoms with Crippen LogP contribution in [-0.2, 0) is 4.79 Å². The lowest BCUT2D eigenvalue weighted by molar-refractivity contribution is -0.119. The van der Waals surface area contributed by atoms with E-state index in [1.807, 2.05) is 6.20 Å². The van der Waals surface area contributed by atoms with Gasteiger partial charge in [-0.2, -0.15) is 0 Å². The molecule has 2 heteroatoms. The average molecular weight is 235 g/mol. The number of nitrogens with zero attached hydrogens (tertiary/aromatic N) is 1. The zero-order valence-corrected chi connectivity index (χ0v) is 11.6. The maximum absolute atomic E-state index is 11.7. The van der Waals surface area contributed by atoms with Gasteiger partial charge in [0.2, 0.25) is 0 Å². The Labute approximate surface area is 105 Å². The lowest BCUT2D eigenvalue weighted by atomic mass is 9.64. The number of carbonyl (C=O) groups excluding carboxylic acids is 1. The Morgan fingerprint density at radius 1 is 1.41 bits per heavy atom. The van der Waals surface area contributed by atoms with E-state index in [1.54, 1.807) is 6.08 Å². The second-order valence-corrected chi connectivity index (χ2v) is 6.95. The molecule has 0 N–H and O–H groups in total. The number of ketones is 1. The van der Waals surface area contributed by atoms with Crippen molar-refractivity contribution in [2.45, 2.75) is 58.4 Å². The van der Waals surface area contributed by atoms with Crippen LogP contribution in [0.4, 0.5) is 0 Å². The Morgan fingerprint density at radius 2 is 2.12 bits per heavy atom. The SMILES string of the molecule is CN1C=CC(=O)CC12CCCC(C(C)(C)C)C2. The molecule has 1 fully saturated rings. The van der Waals surface area contributed by atoms with Gasteiger partial charge >= 0.3 is 0 Å². The van der Waals surface area contributed by atoms with Crippen molar-refractivity contribution < 1.29 is 4.79 Å². The first-order chi connectivity index (χ1) is 7.83. The molecule has 2 aliphatic rings. The van der Waals surface area contributed by atoms with Crippen LogP contribution in [0.2, 0.25) is 0 Å². The van der Waals surface area contributed by atoms with E-state index in [9.17, 15) is 4.79 Å². The Hall–Kier alpha value is -0.790. The summed E-state index contributed by atoms with van der Waals surface area (Å²) in [4.78, 5) is 14.0. The monoisotopic (exact) mass is 235 g/mol. The number of hydrogen-bond donors (Lipinski definition) is 0. The first kappa shape index (κ1) is 12.7. The van der Waals surface area contributed by atoms with Crippen LogP contribution < -0.4 is 0 Å². The van der Waals surface area contributed by atoms with Crippen molar-refractivity contribution in [2.75, 3.05) is 7.05 Å². The molecule has 0 aromatic carbocycles. The van der Waals surface area contributed by atoms with Crippen molar-refractivity contribution in [1.29, 1.82) is 0 Å². The minimum atomic E-state index is 0.113. The van der Waals surface area contributed by atoms with Crippen molar-refractivity contribution in [3.8, 4) is 0 Å².